The predicted molar refractivity (Wildman–Crippen MR) is 122 cm³/mol. The fourth-order valence-electron chi connectivity index (χ4n) is 4.13. The molecular weight excluding hydrogens is 422 g/mol. The first kappa shape index (κ1) is 24.4. The summed E-state index contributed by atoms with van der Waals surface area (Å²) in [6, 6.07) is 2.82. The van der Waals surface area contributed by atoms with E-state index in [4.69, 9.17) is 4.74 Å². The lowest BCUT2D eigenvalue weighted by Gasteiger charge is -2.32. The Hall–Kier alpha value is -3.23. The van der Waals surface area contributed by atoms with Gasteiger partial charge in [0.25, 0.3) is 0 Å². The number of carbonyl (C=O) groups is 3. The lowest BCUT2D eigenvalue weighted by Crippen LogP contribution is -2.47. The molecule has 178 valence electrons. The Bertz CT molecular complexity index is 888. The van der Waals surface area contributed by atoms with Crippen LogP contribution in [0.4, 0.5) is 0 Å². The minimum Gasteiger partial charge on any atom is -0.464 e. The fourth-order valence-corrected chi connectivity index (χ4v) is 4.13. The van der Waals surface area contributed by atoms with Gasteiger partial charge in [-0.3, -0.25) is 14.6 Å². The van der Waals surface area contributed by atoms with Gasteiger partial charge in [-0.2, -0.15) is 0 Å². The quantitative estimate of drug-likeness (QED) is 0.374. The van der Waals surface area contributed by atoms with E-state index in [1.807, 2.05) is 17.2 Å². The van der Waals surface area contributed by atoms with Crippen LogP contribution >= 0.6 is 0 Å². The number of imidazole rings is 1. The third-order valence-electron chi connectivity index (χ3n) is 5.79. The minimum atomic E-state index is -0.807. The number of unbranched alkanes of at least 4 members (excludes halogenated alkanes) is 1. The number of nitrogens with one attached hydrogen (secondary N) is 2. The number of esters is 1. The molecule has 0 saturated carbocycles. The number of amides is 2. The molecule has 2 N–H and O–H groups in total. The second-order valence-electron chi connectivity index (χ2n) is 8.30. The SMILES string of the molecule is CCOC(=O)[C@H](Cc1cccnc1)NC(=O)CC1CCCN(CCCCc2ncc[nH]2)C1=O. The largest absolute Gasteiger partial charge is 0.464 e. The van der Waals surface area contributed by atoms with Crippen molar-refractivity contribution >= 4 is 17.8 Å². The van der Waals surface area contributed by atoms with Crippen LogP contribution in [0.3, 0.4) is 0 Å². The molecule has 9 nitrogen and oxygen atoms in total. The lowest BCUT2D eigenvalue weighted by atomic mass is 9.93. The van der Waals surface area contributed by atoms with Crippen molar-refractivity contribution in [2.75, 3.05) is 19.7 Å². The van der Waals surface area contributed by atoms with Crippen LogP contribution in [0.2, 0.25) is 0 Å². The Balaban J connectivity index is 1.49. The number of rotatable bonds is 12. The van der Waals surface area contributed by atoms with Crippen LogP contribution in [0, 0.1) is 5.92 Å². The summed E-state index contributed by atoms with van der Waals surface area (Å²) < 4.78 is 5.13. The van der Waals surface area contributed by atoms with Crippen molar-refractivity contribution in [2.24, 2.45) is 5.92 Å². The van der Waals surface area contributed by atoms with Gasteiger partial charge in [-0.25, -0.2) is 9.78 Å². The molecule has 33 heavy (non-hydrogen) atoms. The normalized spacial score (nSPS) is 16.9. The van der Waals surface area contributed by atoms with Gasteiger partial charge in [-0.1, -0.05) is 6.07 Å². The fraction of sp³-hybridized carbons (Fsp3) is 0.542. The number of aromatic nitrogens is 3. The van der Waals surface area contributed by atoms with E-state index in [-0.39, 0.29) is 30.8 Å². The van der Waals surface area contributed by atoms with Gasteiger partial charge < -0.3 is 19.9 Å². The summed E-state index contributed by atoms with van der Waals surface area (Å²) in [4.78, 5) is 51.3. The zero-order valence-corrected chi connectivity index (χ0v) is 19.2. The summed E-state index contributed by atoms with van der Waals surface area (Å²) in [6.45, 7) is 3.37. The second kappa shape index (κ2) is 12.7. The van der Waals surface area contributed by atoms with E-state index in [1.54, 1.807) is 31.6 Å². The minimum absolute atomic E-state index is 0.0225. The summed E-state index contributed by atoms with van der Waals surface area (Å²) in [5, 5.41) is 2.78. The van der Waals surface area contributed by atoms with Gasteiger partial charge >= 0.3 is 5.97 Å². The molecule has 1 aliphatic rings. The molecule has 3 rings (SSSR count). The molecular formula is C24H33N5O4. The topological polar surface area (TPSA) is 117 Å². The van der Waals surface area contributed by atoms with Crippen LogP contribution in [-0.4, -0.2) is 63.4 Å². The van der Waals surface area contributed by atoms with Crippen LogP contribution in [0.1, 0.15) is 50.4 Å². The molecule has 0 aliphatic carbocycles. The third kappa shape index (κ3) is 7.69. The summed E-state index contributed by atoms with van der Waals surface area (Å²) in [6.07, 6.45) is 11.5. The Labute approximate surface area is 194 Å². The third-order valence-corrected chi connectivity index (χ3v) is 5.79. The highest BCUT2D eigenvalue weighted by Crippen LogP contribution is 2.22. The number of nitrogens with zero attached hydrogens (tertiary/aromatic N) is 3. The molecule has 1 fully saturated rings. The van der Waals surface area contributed by atoms with Crippen molar-refractivity contribution in [1.82, 2.24) is 25.2 Å². The van der Waals surface area contributed by atoms with Gasteiger partial charge in [0.2, 0.25) is 11.8 Å². The molecule has 0 radical (unpaired) electrons. The molecule has 0 spiro atoms. The van der Waals surface area contributed by atoms with E-state index >= 15 is 0 Å². The monoisotopic (exact) mass is 455 g/mol. The van der Waals surface area contributed by atoms with Crippen molar-refractivity contribution in [3.63, 3.8) is 0 Å². The van der Waals surface area contributed by atoms with Crippen molar-refractivity contribution in [3.8, 4) is 0 Å². The summed E-state index contributed by atoms with van der Waals surface area (Å²) >= 11 is 0. The summed E-state index contributed by atoms with van der Waals surface area (Å²) in [7, 11) is 0. The van der Waals surface area contributed by atoms with E-state index in [1.165, 1.54) is 0 Å². The Morgan fingerprint density at radius 3 is 2.94 bits per heavy atom. The first-order chi connectivity index (χ1) is 16.1. The van der Waals surface area contributed by atoms with E-state index in [0.717, 1.165) is 43.6 Å². The molecule has 2 aromatic rings. The number of aromatic amines is 1. The van der Waals surface area contributed by atoms with Crippen LogP contribution in [0.25, 0.3) is 0 Å². The number of pyridine rings is 1. The van der Waals surface area contributed by atoms with Crippen molar-refractivity contribution in [3.05, 3.63) is 48.3 Å². The number of hydrogen-bond acceptors (Lipinski definition) is 6. The second-order valence-corrected chi connectivity index (χ2v) is 8.30. The smallest absolute Gasteiger partial charge is 0.328 e. The molecule has 0 bridgehead atoms. The maximum absolute atomic E-state index is 12.9. The lowest BCUT2D eigenvalue weighted by molar-refractivity contribution is -0.147. The molecule has 1 unspecified atom stereocenters. The molecule has 2 amide bonds. The van der Waals surface area contributed by atoms with Crippen LogP contribution in [-0.2, 0) is 32.0 Å². The van der Waals surface area contributed by atoms with Gasteiger partial charge in [0.1, 0.15) is 11.9 Å². The number of carbonyl (C=O) groups excluding carboxylic acids is 3. The molecule has 0 aromatic carbocycles. The van der Waals surface area contributed by atoms with E-state index in [2.05, 4.69) is 20.3 Å². The standard InChI is InChI=1S/C24H33N5O4/c1-2-33-24(32)20(15-18-7-5-10-25-17-18)28-22(30)16-19-8-6-14-29(23(19)31)13-4-3-9-21-26-11-12-27-21/h5,7,10-12,17,19-20H,2-4,6,8-9,13-16H2,1H3,(H,26,27)(H,28,30)/t19?,20-/m0/s1. The Morgan fingerprint density at radius 2 is 2.21 bits per heavy atom. The van der Waals surface area contributed by atoms with Crippen LogP contribution in [0.5, 0.6) is 0 Å². The first-order valence-corrected chi connectivity index (χ1v) is 11.7. The van der Waals surface area contributed by atoms with Crippen LogP contribution < -0.4 is 5.32 Å². The maximum Gasteiger partial charge on any atom is 0.328 e. The number of H-pyrrole nitrogens is 1. The number of piperidine rings is 1. The van der Waals surface area contributed by atoms with Gasteiger partial charge in [0, 0.05) is 63.1 Å². The highest BCUT2D eigenvalue weighted by atomic mass is 16.5. The Kier molecular flexibility index (Phi) is 9.41. The molecule has 3 heterocycles. The first-order valence-electron chi connectivity index (χ1n) is 11.7. The van der Waals surface area contributed by atoms with E-state index in [0.29, 0.717) is 19.4 Å². The highest BCUT2D eigenvalue weighted by molar-refractivity contribution is 5.89. The predicted octanol–water partition coefficient (Wildman–Crippen LogP) is 2.05. The van der Waals surface area contributed by atoms with Gasteiger partial charge in [-0.05, 0) is 44.2 Å². The average Bonchev–Trinajstić information content (AvgIpc) is 3.33. The Morgan fingerprint density at radius 1 is 1.33 bits per heavy atom. The number of ether oxygens (including phenoxy) is 1. The van der Waals surface area contributed by atoms with Crippen molar-refractivity contribution < 1.29 is 19.1 Å². The average molecular weight is 456 g/mol. The summed E-state index contributed by atoms with van der Waals surface area (Å²) in [5.74, 6) is -0.172. The van der Waals surface area contributed by atoms with Crippen molar-refractivity contribution in [1.29, 1.82) is 0 Å². The number of aryl methyl sites for hydroxylation is 1. The van der Waals surface area contributed by atoms with Gasteiger partial charge in [0.05, 0.1) is 6.61 Å². The van der Waals surface area contributed by atoms with Crippen LogP contribution in [0.15, 0.2) is 36.9 Å². The highest BCUT2D eigenvalue weighted by Gasteiger charge is 2.31. The molecule has 1 saturated heterocycles. The zero-order valence-electron chi connectivity index (χ0n) is 19.2. The molecule has 9 heteroatoms. The molecule has 2 aromatic heterocycles. The zero-order chi connectivity index (χ0) is 23.5. The number of hydrogen-bond donors (Lipinski definition) is 2. The molecule has 2 atom stereocenters. The summed E-state index contributed by atoms with van der Waals surface area (Å²) in [5.41, 5.74) is 0.824. The number of likely N-dealkylation sites (tertiary alicyclic amines) is 1. The van der Waals surface area contributed by atoms with Gasteiger partial charge in [-0.15, -0.1) is 0 Å². The maximum atomic E-state index is 12.9. The van der Waals surface area contributed by atoms with Crippen molar-refractivity contribution in [2.45, 2.75) is 57.9 Å². The van der Waals surface area contributed by atoms with E-state index in [9.17, 15) is 14.4 Å². The molecule has 1 aliphatic heterocycles. The van der Waals surface area contributed by atoms with Gasteiger partial charge in [0.15, 0.2) is 0 Å². The van der Waals surface area contributed by atoms with E-state index < -0.39 is 12.0 Å².